The molecule has 2 rings (SSSR count). The summed E-state index contributed by atoms with van der Waals surface area (Å²) in [7, 11) is 0. The number of rotatable bonds is 1. The van der Waals surface area contributed by atoms with E-state index in [9.17, 15) is 9.59 Å². The van der Waals surface area contributed by atoms with E-state index in [4.69, 9.17) is 16.1 Å². The Morgan fingerprint density at radius 2 is 2.00 bits per heavy atom. The molecule has 2 aromatic rings. The lowest BCUT2D eigenvalue weighted by Gasteiger charge is -1.99. The van der Waals surface area contributed by atoms with Gasteiger partial charge in [0.05, 0.1) is 5.52 Å². The zero-order valence-electron chi connectivity index (χ0n) is 8.54. The van der Waals surface area contributed by atoms with E-state index in [1.807, 2.05) is 0 Å². The molecule has 6 nitrogen and oxygen atoms in total. The third-order valence-corrected chi connectivity index (χ3v) is 2.41. The van der Waals surface area contributed by atoms with Gasteiger partial charge in [0.15, 0.2) is 0 Å². The number of nitriles is 1. The lowest BCUT2D eigenvalue weighted by molar-refractivity contribution is 0.0698. The smallest absolute Gasteiger partial charge is 0.339 e. The minimum Gasteiger partial charge on any atom is -0.478 e. The average Bonchev–Trinajstić information content (AvgIpc) is 2.62. The number of nitrogens with zero attached hydrogens (tertiary/aromatic N) is 2. The van der Waals surface area contributed by atoms with Crippen molar-refractivity contribution in [1.29, 1.82) is 5.26 Å². The lowest BCUT2D eigenvalue weighted by Crippen LogP contribution is -2.21. The molecular weight excluding hydrogens is 222 g/mol. The summed E-state index contributed by atoms with van der Waals surface area (Å²) in [5, 5.41) is 18.3. The van der Waals surface area contributed by atoms with Crippen molar-refractivity contribution in [3.05, 3.63) is 35.5 Å². The summed E-state index contributed by atoms with van der Waals surface area (Å²) in [5.74, 6) is -1.27. The number of aromatic nitrogens is 1. The van der Waals surface area contributed by atoms with E-state index in [0.717, 1.165) is 4.57 Å². The molecule has 1 amide bonds. The fourth-order valence-electron chi connectivity index (χ4n) is 1.79. The van der Waals surface area contributed by atoms with Gasteiger partial charge in [0, 0.05) is 5.39 Å². The Bertz CT molecular complexity index is 628. The number of hydrogen-bond donors (Lipinski definition) is 2. The predicted molar refractivity (Wildman–Crippen MR) is 58.6 cm³/mol. The van der Waals surface area contributed by atoms with Crippen molar-refractivity contribution in [2.75, 3.05) is 0 Å². The third kappa shape index (κ3) is 1.41. The van der Waals surface area contributed by atoms with Gasteiger partial charge < -0.3 is 10.8 Å². The van der Waals surface area contributed by atoms with E-state index in [1.54, 1.807) is 18.2 Å². The van der Waals surface area contributed by atoms with Crippen LogP contribution in [0.25, 0.3) is 10.9 Å². The molecule has 1 aromatic carbocycles. The molecule has 0 aliphatic rings. The molecule has 0 unspecified atom stereocenters. The van der Waals surface area contributed by atoms with Crippen LogP contribution in [0.3, 0.4) is 0 Å². The topological polar surface area (TPSA) is 109 Å². The first-order valence-corrected chi connectivity index (χ1v) is 4.64. The summed E-state index contributed by atoms with van der Waals surface area (Å²) in [6.07, 6.45) is 0. The van der Waals surface area contributed by atoms with E-state index in [0.29, 0.717) is 10.9 Å². The maximum absolute atomic E-state index is 11.3. The third-order valence-electron chi connectivity index (χ3n) is 2.41. The van der Waals surface area contributed by atoms with Crippen LogP contribution in [0.1, 0.15) is 16.1 Å². The van der Waals surface area contributed by atoms with E-state index in [2.05, 4.69) is 0 Å². The molecule has 3 N–H and O–H groups in total. The number of hydrogen-bond acceptors (Lipinski definition) is 3. The van der Waals surface area contributed by atoms with Gasteiger partial charge in [0.25, 0.3) is 0 Å². The number of primary amides is 1. The van der Waals surface area contributed by atoms with Crippen LogP contribution < -0.4 is 5.73 Å². The highest BCUT2D eigenvalue weighted by Crippen LogP contribution is 2.25. The highest BCUT2D eigenvalue weighted by atomic mass is 16.4. The monoisotopic (exact) mass is 229 g/mol. The molecule has 1 heterocycles. The number of carboxylic acid groups (broad SMARTS) is 1. The molecule has 0 spiro atoms. The largest absolute Gasteiger partial charge is 0.478 e. The molecule has 0 saturated carbocycles. The van der Waals surface area contributed by atoms with Gasteiger partial charge in [-0.1, -0.05) is 18.2 Å². The first-order chi connectivity index (χ1) is 8.07. The highest BCUT2D eigenvalue weighted by Gasteiger charge is 2.23. The van der Waals surface area contributed by atoms with E-state index in [-0.39, 0.29) is 11.3 Å². The molecule has 0 atom stereocenters. The number of benzene rings is 1. The number of carbonyl (C=O) groups is 2. The molecule has 1 aromatic heterocycles. The predicted octanol–water partition coefficient (Wildman–Crippen LogP) is 1.14. The van der Waals surface area contributed by atoms with Crippen molar-refractivity contribution in [2.24, 2.45) is 5.73 Å². The van der Waals surface area contributed by atoms with Crippen molar-refractivity contribution in [1.82, 2.24) is 4.57 Å². The molecule has 0 bridgehead atoms. The van der Waals surface area contributed by atoms with Crippen LogP contribution in [0, 0.1) is 11.3 Å². The standard InChI is InChI=1S/C11H7N3O3/c12-5-8-9(10(15)16)6-3-1-2-4-7(6)14(8)11(13)17/h1-4H,(H2,13,17)(H,15,16). The Hall–Kier alpha value is -2.81. The van der Waals surface area contributed by atoms with Crippen molar-refractivity contribution < 1.29 is 14.7 Å². The summed E-state index contributed by atoms with van der Waals surface area (Å²) in [5.41, 5.74) is 5.00. The Balaban J connectivity index is 3.04. The normalized spacial score (nSPS) is 10.1. The number of para-hydroxylation sites is 1. The second-order valence-electron chi connectivity index (χ2n) is 3.33. The summed E-state index contributed by atoms with van der Waals surface area (Å²) in [6, 6.07) is 7.14. The van der Waals surface area contributed by atoms with Crippen LogP contribution in [0.5, 0.6) is 0 Å². The van der Waals surface area contributed by atoms with E-state index >= 15 is 0 Å². The van der Waals surface area contributed by atoms with Crippen molar-refractivity contribution >= 4 is 22.9 Å². The summed E-state index contributed by atoms with van der Waals surface area (Å²) in [4.78, 5) is 22.4. The van der Waals surface area contributed by atoms with Crippen molar-refractivity contribution in [2.45, 2.75) is 0 Å². The van der Waals surface area contributed by atoms with Crippen LogP contribution >= 0.6 is 0 Å². The van der Waals surface area contributed by atoms with Gasteiger partial charge in [-0.2, -0.15) is 5.26 Å². The van der Waals surface area contributed by atoms with Crippen LogP contribution in [0.2, 0.25) is 0 Å². The summed E-state index contributed by atoms with van der Waals surface area (Å²) < 4.78 is 0.902. The number of aromatic carboxylic acids is 1. The molecule has 84 valence electrons. The Morgan fingerprint density at radius 3 is 2.53 bits per heavy atom. The van der Waals surface area contributed by atoms with E-state index < -0.39 is 12.0 Å². The Kier molecular flexibility index (Phi) is 2.29. The number of carbonyl (C=O) groups excluding carboxylic acids is 1. The van der Waals surface area contributed by atoms with Crippen LogP contribution in [0.15, 0.2) is 24.3 Å². The summed E-state index contributed by atoms with van der Waals surface area (Å²) >= 11 is 0. The van der Waals surface area contributed by atoms with Gasteiger partial charge in [-0.15, -0.1) is 0 Å². The second-order valence-corrected chi connectivity index (χ2v) is 3.33. The molecule has 6 heteroatoms. The molecule has 17 heavy (non-hydrogen) atoms. The average molecular weight is 229 g/mol. The van der Waals surface area contributed by atoms with E-state index in [1.165, 1.54) is 12.1 Å². The van der Waals surface area contributed by atoms with Gasteiger partial charge in [-0.25, -0.2) is 9.59 Å². The quantitative estimate of drug-likeness (QED) is 0.763. The molecule has 0 aliphatic heterocycles. The van der Waals surface area contributed by atoms with Gasteiger partial charge in [0.1, 0.15) is 17.3 Å². The van der Waals surface area contributed by atoms with Crippen molar-refractivity contribution in [3.8, 4) is 6.07 Å². The molecule has 0 radical (unpaired) electrons. The lowest BCUT2D eigenvalue weighted by atomic mass is 10.1. The van der Waals surface area contributed by atoms with Crippen LogP contribution in [-0.2, 0) is 0 Å². The molecule has 0 fully saturated rings. The van der Waals surface area contributed by atoms with Crippen molar-refractivity contribution in [3.63, 3.8) is 0 Å². The fourth-order valence-corrected chi connectivity index (χ4v) is 1.79. The SMILES string of the molecule is N#Cc1c(C(=O)O)c2ccccc2n1C(N)=O. The number of fused-ring (bicyclic) bond motifs is 1. The molecule has 0 saturated heterocycles. The minimum absolute atomic E-state index is 0.207. The second kappa shape index (κ2) is 3.64. The van der Waals surface area contributed by atoms with Gasteiger partial charge in [-0.05, 0) is 6.07 Å². The first-order valence-electron chi connectivity index (χ1n) is 4.64. The Labute approximate surface area is 95.5 Å². The molecular formula is C11H7N3O3. The van der Waals surface area contributed by atoms with Gasteiger partial charge >= 0.3 is 12.0 Å². The summed E-state index contributed by atoms with van der Waals surface area (Å²) in [6.45, 7) is 0. The number of nitrogens with two attached hydrogens (primary N) is 1. The van der Waals surface area contributed by atoms with Gasteiger partial charge in [0.2, 0.25) is 0 Å². The maximum Gasteiger partial charge on any atom is 0.339 e. The zero-order chi connectivity index (χ0) is 12.6. The van der Waals surface area contributed by atoms with Gasteiger partial charge in [-0.3, -0.25) is 4.57 Å². The zero-order valence-corrected chi connectivity index (χ0v) is 8.54. The van der Waals surface area contributed by atoms with Crippen LogP contribution in [-0.4, -0.2) is 21.7 Å². The fraction of sp³-hybridized carbons (Fsp3) is 0. The number of carboxylic acids is 1. The highest BCUT2D eigenvalue weighted by molar-refractivity contribution is 6.09. The molecule has 0 aliphatic carbocycles. The van der Waals surface area contributed by atoms with Crippen LogP contribution in [0.4, 0.5) is 4.79 Å². The maximum atomic E-state index is 11.3. The first kappa shape index (κ1) is 10.7. The number of amides is 1. The minimum atomic E-state index is -1.27. The Morgan fingerprint density at radius 1 is 1.35 bits per heavy atom.